The molecular weight excluding hydrogens is 350 g/mol. The van der Waals surface area contributed by atoms with Crippen molar-refractivity contribution in [1.29, 1.82) is 0 Å². The summed E-state index contributed by atoms with van der Waals surface area (Å²) in [4.78, 5) is 36.1. The van der Waals surface area contributed by atoms with Crippen molar-refractivity contribution in [2.45, 2.75) is 25.8 Å². The number of nitro benzene ring substituents is 1. The molecular formula is C18H25N5O4. The number of benzene rings is 1. The minimum absolute atomic E-state index is 0.00509. The molecule has 9 nitrogen and oxygen atoms in total. The Morgan fingerprint density at radius 3 is 2.44 bits per heavy atom. The summed E-state index contributed by atoms with van der Waals surface area (Å²) in [5, 5.41) is 19.2. The molecule has 9 heteroatoms. The zero-order chi connectivity index (χ0) is 19.3. The van der Waals surface area contributed by atoms with Crippen molar-refractivity contribution in [3.05, 3.63) is 39.9 Å². The lowest BCUT2D eigenvalue weighted by Crippen LogP contribution is -2.48. The van der Waals surface area contributed by atoms with E-state index in [1.807, 2.05) is 4.90 Å². The van der Waals surface area contributed by atoms with Gasteiger partial charge in [0.1, 0.15) is 0 Å². The molecule has 27 heavy (non-hydrogen) atoms. The zero-order valence-corrected chi connectivity index (χ0v) is 15.2. The molecule has 1 aromatic rings. The number of nitrogens with zero attached hydrogens (tertiary/aromatic N) is 2. The van der Waals surface area contributed by atoms with E-state index in [-0.39, 0.29) is 24.7 Å². The Bertz CT molecular complexity index is 690. The molecule has 2 saturated heterocycles. The molecule has 0 bridgehead atoms. The second kappa shape index (κ2) is 8.34. The summed E-state index contributed by atoms with van der Waals surface area (Å²) in [6.07, 6.45) is 3.20. The Morgan fingerprint density at radius 1 is 1.15 bits per heavy atom. The molecule has 3 N–H and O–H groups in total. The number of hydrogen-bond donors (Lipinski definition) is 3. The van der Waals surface area contributed by atoms with Gasteiger partial charge in [0.2, 0.25) is 5.91 Å². The molecule has 3 rings (SSSR count). The summed E-state index contributed by atoms with van der Waals surface area (Å²) in [6, 6.07) is 5.52. The quantitative estimate of drug-likeness (QED) is 0.524. The molecule has 0 saturated carbocycles. The van der Waals surface area contributed by atoms with Crippen LogP contribution in [-0.4, -0.2) is 54.5 Å². The monoisotopic (exact) mass is 375 g/mol. The number of piperidine rings is 1. The third kappa shape index (κ3) is 4.94. The molecule has 2 aliphatic rings. The van der Waals surface area contributed by atoms with Gasteiger partial charge in [0.15, 0.2) is 0 Å². The van der Waals surface area contributed by atoms with Gasteiger partial charge in [-0.3, -0.25) is 14.9 Å². The summed E-state index contributed by atoms with van der Waals surface area (Å²) in [5.74, 6) is -0.0682. The maximum absolute atomic E-state index is 12.3. The Kier molecular flexibility index (Phi) is 5.90. The van der Waals surface area contributed by atoms with E-state index in [1.165, 1.54) is 18.6 Å². The van der Waals surface area contributed by atoms with Gasteiger partial charge in [-0.2, -0.15) is 0 Å². The van der Waals surface area contributed by atoms with Gasteiger partial charge in [0.05, 0.1) is 11.5 Å². The number of likely N-dealkylation sites (tertiary alicyclic amines) is 1. The molecule has 146 valence electrons. The van der Waals surface area contributed by atoms with Gasteiger partial charge in [-0.15, -0.1) is 0 Å². The van der Waals surface area contributed by atoms with Crippen LogP contribution in [-0.2, 0) is 11.3 Å². The summed E-state index contributed by atoms with van der Waals surface area (Å²) in [7, 11) is 0. The first-order valence-electron chi connectivity index (χ1n) is 9.21. The van der Waals surface area contributed by atoms with E-state index in [9.17, 15) is 19.7 Å². The number of carbonyl (C=O) groups excluding carboxylic acids is 2. The van der Waals surface area contributed by atoms with Crippen molar-refractivity contribution in [2.75, 3.05) is 32.7 Å². The SMILES string of the molecule is O=C(NCC(=O)N1CCC2(CCNC2)CC1)NCc1ccc([N+](=O)[O-])cc1. The van der Waals surface area contributed by atoms with Crippen LogP contribution in [0.2, 0.25) is 0 Å². The Morgan fingerprint density at radius 2 is 1.85 bits per heavy atom. The fraction of sp³-hybridized carbons (Fsp3) is 0.556. The van der Waals surface area contributed by atoms with Gasteiger partial charge in [0.25, 0.3) is 5.69 Å². The first-order chi connectivity index (χ1) is 13.0. The highest BCUT2D eigenvalue weighted by Crippen LogP contribution is 2.36. The Balaban J connectivity index is 1.36. The van der Waals surface area contributed by atoms with Crippen LogP contribution in [0.15, 0.2) is 24.3 Å². The third-order valence-corrected chi connectivity index (χ3v) is 5.51. The van der Waals surface area contributed by atoms with Crippen molar-refractivity contribution in [2.24, 2.45) is 5.41 Å². The Hall–Kier alpha value is -2.68. The summed E-state index contributed by atoms with van der Waals surface area (Å²) in [5.41, 5.74) is 1.10. The fourth-order valence-corrected chi connectivity index (χ4v) is 3.70. The lowest BCUT2D eigenvalue weighted by atomic mass is 9.78. The summed E-state index contributed by atoms with van der Waals surface area (Å²) < 4.78 is 0. The Labute approximate surface area is 157 Å². The molecule has 2 heterocycles. The summed E-state index contributed by atoms with van der Waals surface area (Å²) >= 11 is 0. The van der Waals surface area contributed by atoms with E-state index in [2.05, 4.69) is 16.0 Å². The van der Waals surface area contributed by atoms with Crippen LogP contribution in [0.3, 0.4) is 0 Å². The van der Waals surface area contributed by atoms with Crippen molar-refractivity contribution < 1.29 is 14.5 Å². The van der Waals surface area contributed by atoms with E-state index in [0.717, 1.165) is 44.6 Å². The molecule has 0 unspecified atom stereocenters. The normalized spacial score (nSPS) is 18.3. The number of rotatable bonds is 5. The van der Waals surface area contributed by atoms with Crippen molar-refractivity contribution >= 4 is 17.6 Å². The molecule has 2 fully saturated rings. The van der Waals surface area contributed by atoms with Crippen LogP contribution >= 0.6 is 0 Å². The van der Waals surface area contributed by atoms with Gasteiger partial charge in [0, 0.05) is 38.3 Å². The number of nitro groups is 1. The highest BCUT2D eigenvalue weighted by Gasteiger charge is 2.37. The number of hydrogen-bond acceptors (Lipinski definition) is 5. The first-order valence-corrected chi connectivity index (χ1v) is 9.21. The van der Waals surface area contributed by atoms with E-state index in [0.29, 0.717) is 5.41 Å². The van der Waals surface area contributed by atoms with E-state index >= 15 is 0 Å². The standard InChI is InChI=1S/C18H25N5O4/c24-16(22-9-6-18(7-10-22)5-8-19-13-18)12-21-17(25)20-11-14-1-3-15(4-2-14)23(26)27/h1-4,19H,5-13H2,(H2,20,21,25). The zero-order valence-electron chi connectivity index (χ0n) is 15.2. The summed E-state index contributed by atoms with van der Waals surface area (Å²) in [6.45, 7) is 3.79. The third-order valence-electron chi connectivity index (χ3n) is 5.51. The van der Waals surface area contributed by atoms with Crippen LogP contribution in [0, 0.1) is 15.5 Å². The molecule has 1 aromatic carbocycles. The lowest BCUT2D eigenvalue weighted by Gasteiger charge is -2.38. The number of nitrogens with one attached hydrogen (secondary N) is 3. The second-order valence-corrected chi connectivity index (χ2v) is 7.27. The topological polar surface area (TPSA) is 117 Å². The maximum Gasteiger partial charge on any atom is 0.315 e. The van der Waals surface area contributed by atoms with Gasteiger partial charge in [-0.25, -0.2) is 4.79 Å². The van der Waals surface area contributed by atoms with Crippen LogP contribution in [0.5, 0.6) is 0 Å². The molecule has 2 aliphatic heterocycles. The van der Waals surface area contributed by atoms with Gasteiger partial charge in [-0.1, -0.05) is 12.1 Å². The smallest absolute Gasteiger partial charge is 0.315 e. The van der Waals surface area contributed by atoms with Gasteiger partial charge in [-0.05, 0) is 36.8 Å². The van der Waals surface area contributed by atoms with Crippen molar-refractivity contribution in [1.82, 2.24) is 20.9 Å². The predicted octanol–water partition coefficient (Wildman–Crippen LogP) is 0.996. The molecule has 0 aliphatic carbocycles. The van der Waals surface area contributed by atoms with E-state index in [4.69, 9.17) is 0 Å². The highest BCUT2D eigenvalue weighted by atomic mass is 16.6. The molecule has 0 atom stereocenters. The highest BCUT2D eigenvalue weighted by molar-refractivity contribution is 5.84. The second-order valence-electron chi connectivity index (χ2n) is 7.27. The average molecular weight is 375 g/mol. The van der Waals surface area contributed by atoms with E-state index < -0.39 is 11.0 Å². The van der Waals surface area contributed by atoms with Crippen LogP contribution < -0.4 is 16.0 Å². The number of non-ortho nitro benzene ring substituents is 1. The molecule has 3 amide bonds. The van der Waals surface area contributed by atoms with Crippen LogP contribution in [0.25, 0.3) is 0 Å². The van der Waals surface area contributed by atoms with Crippen LogP contribution in [0.4, 0.5) is 10.5 Å². The van der Waals surface area contributed by atoms with Crippen molar-refractivity contribution in [3.63, 3.8) is 0 Å². The number of urea groups is 1. The number of carbonyl (C=O) groups is 2. The molecule has 0 aromatic heterocycles. The predicted molar refractivity (Wildman–Crippen MR) is 99.1 cm³/mol. The maximum atomic E-state index is 12.3. The van der Waals surface area contributed by atoms with Gasteiger partial charge >= 0.3 is 6.03 Å². The average Bonchev–Trinajstić information content (AvgIpc) is 3.13. The van der Waals surface area contributed by atoms with E-state index in [1.54, 1.807) is 12.1 Å². The fourth-order valence-electron chi connectivity index (χ4n) is 3.70. The lowest BCUT2D eigenvalue weighted by molar-refractivity contribution is -0.384. The number of amides is 3. The van der Waals surface area contributed by atoms with Crippen LogP contribution in [0.1, 0.15) is 24.8 Å². The molecule has 1 spiro atoms. The van der Waals surface area contributed by atoms with Crippen molar-refractivity contribution in [3.8, 4) is 0 Å². The largest absolute Gasteiger partial charge is 0.341 e. The minimum Gasteiger partial charge on any atom is -0.341 e. The van der Waals surface area contributed by atoms with Gasteiger partial charge < -0.3 is 20.9 Å². The molecule has 0 radical (unpaired) electrons. The first kappa shape index (κ1) is 19.1. The minimum atomic E-state index is -0.471.